The third-order valence-electron chi connectivity index (χ3n) is 3.38. The Labute approximate surface area is 139 Å². The molecule has 6 heteroatoms. The molecular weight excluding hydrogens is 325 g/mol. The predicted octanol–water partition coefficient (Wildman–Crippen LogP) is 4.85. The number of hydrogen-bond donors (Lipinski definition) is 1. The molecule has 0 aliphatic carbocycles. The van der Waals surface area contributed by atoms with Gasteiger partial charge in [0.05, 0.1) is 17.2 Å². The quantitative estimate of drug-likeness (QED) is 0.863. The van der Waals surface area contributed by atoms with Crippen molar-refractivity contribution in [1.82, 2.24) is 5.32 Å². The van der Waals surface area contributed by atoms with Crippen LogP contribution in [-0.2, 0) is 12.7 Å². The minimum Gasteiger partial charge on any atom is -0.306 e. The Balaban J connectivity index is 0.00000264. The fourth-order valence-electron chi connectivity index (χ4n) is 2.12. The molecule has 2 aromatic carbocycles. The van der Waals surface area contributed by atoms with Crippen LogP contribution in [0.3, 0.4) is 0 Å². The van der Waals surface area contributed by atoms with Gasteiger partial charge >= 0.3 is 6.18 Å². The van der Waals surface area contributed by atoms with Gasteiger partial charge < -0.3 is 5.32 Å². The molecule has 1 unspecified atom stereocenters. The van der Waals surface area contributed by atoms with E-state index in [9.17, 15) is 13.2 Å². The average molecular weight is 341 g/mol. The Morgan fingerprint density at radius 2 is 1.83 bits per heavy atom. The molecule has 2 aromatic rings. The highest BCUT2D eigenvalue weighted by Crippen LogP contribution is 2.30. The second kappa shape index (κ2) is 8.00. The molecule has 122 valence electrons. The lowest BCUT2D eigenvalue weighted by Crippen LogP contribution is -2.18. The van der Waals surface area contributed by atoms with Crippen LogP contribution in [-0.4, -0.2) is 0 Å². The number of hydrogen-bond acceptors (Lipinski definition) is 2. The molecule has 2 rings (SSSR count). The molecule has 0 aromatic heterocycles. The maximum absolute atomic E-state index is 12.7. The number of nitrogens with one attached hydrogen (secondary N) is 1. The zero-order valence-corrected chi connectivity index (χ0v) is 13.2. The summed E-state index contributed by atoms with van der Waals surface area (Å²) in [5, 5.41) is 12.0. The maximum atomic E-state index is 12.7. The van der Waals surface area contributed by atoms with Crippen molar-refractivity contribution >= 4 is 12.4 Å². The van der Waals surface area contributed by atoms with Gasteiger partial charge in [0.2, 0.25) is 0 Å². The second-order valence-corrected chi connectivity index (χ2v) is 5.04. The first-order chi connectivity index (χ1) is 10.4. The minimum atomic E-state index is -4.34. The molecule has 0 saturated heterocycles. The van der Waals surface area contributed by atoms with Gasteiger partial charge in [0.15, 0.2) is 0 Å². The molecule has 0 bridgehead atoms. The molecular formula is C17H16ClF3N2. The van der Waals surface area contributed by atoms with Crippen molar-refractivity contribution < 1.29 is 13.2 Å². The van der Waals surface area contributed by atoms with Crippen LogP contribution in [0.1, 0.15) is 35.2 Å². The van der Waals surface area contributed by atoms with E-state index in [2.05, 4.69) is 11.4 Å². The van der Waals surface area contributed by atoms with Crippen molar-refractivity contribution in [2.45, 2.75) is 25.7 Å². The highest BCUT2D eigenvalue weighted by molar-refractivity contribution is 5.85. The summed E-state index contributed by atoms with van der Waals surface area (Å²) in [4.78, 5) is 0. The third kappa shape index (κ3) is 5.27. The topological polar surface area (TPSA) is 35.8 Å². The molecule has 0 radical (unpaired) electrons. The van der Waals surface area contributed by atoms with Gasteiger partial charge in [-0.1, -0.05) is 24.3 Å². The first-order valence-corrected chi connectivity index (χ1v) is 6.80. The Morgan fingerprint density at radius 1 is 1.13 bits per heavy atom. The van der Waals surface area contributed by atoms with Gasteiger partial charge in [0.25, 0.3) is 0 Å². The van der Waals surface area contributed by atoms with Gasteiger partial charge in [0, 0.05) is 12.6 Å². The van der Waals surface area contributed by atoms with Crippen molar-refractivity contribution in [3.8, 4) is 6.07 Å². The maximum Gasteiger partial charge on any atom is 0.416 e. The first-order valence-electron chi connectivity index (χ1n) is 6.80. The van der Waals surface area contributed by atoms with Crippen LogP contribution in [0.5, 0.6) is 0 Å². The lowest BCUT2D eigenvalue weighted by Gasteiger charge is -2.16. The zero-order chi connectivity index (χ0) is 16.2. The lowest BCUT2D eigenvalue weighted by molar-refractivity contribution is -0.137. The molecule has 0 spiro atoms. The summed E-state index contributed by atoms with van der Waals surface area (Å²) in [5.41, 5.74) is 1.40. The fourth-order valence-corrected chi connectivity index (χ4v) is 2.12. The van der Waals surface area contributed by atoms with Crippen LogP contribution in [0.15, 0.2) is 48.5 Å². The summed E-state index contributed by atoms with van der Waals surface area (Å²) >= 11 is 0. The van der Waals surface area contributed by atoms with Gasteiger partial charge in [-0.05, 0) is 42.3 Å². The fraction of sp³-hybridized carbons (Fsp3) is 0.235. The molecule has 0 aliphatic rings. The highest BCUT2D eigenvalue weighted by Gasteiger charge is 2.30. The third-order valence-corrected chi connectivity index (χ3v) is 3.38. The first kappa shape index (κ1) is 19.0. The standard InChI is InChI=1S/C17H15F3N2.ClH/c1-12(15-6-3-7-16(9-15)17(18,19)20)22-11-14-5-2-4-13(8-14)10-21;/h2-9,12,22H,11H2,1H3;1H. The summed E-state index contributed by atoms with van der Waals surface area (Å²) in [6, 6.07) is 14.2. The smallest absolute Gasteiger partial charge is 0.306 e. The summed E-state index contributed by atoms with van der Waals surface area (Å²) in [5.74, 6) is 0. The van der Waals surface area contributed by atoms with Crippen molar-refractivity contribution in [2.24, 2.45) is 0 Å². The van der Waals surface area contributed by atoms with E-state index in [1.165, 1.54) is 6.07 Å². The van der Waals surface area contributed by atoms with Gasteiger partial charge in [-0.25, -0.2) is 0 Å². The minimum absolute atomic E-state index is 0. The van der Waals surface area contributed by atoms with Crippen LogP contribution in [0.25, 0.3) is 0 Å². The monoisotopic (exact) mass is 340 g/mol. The second-order valence-electron chi connectivity index (χ2n) is 5.04. The van der Waals surface area contributed by atoms with E-state index in [4.69, 9.17) is 5.26 Å². The van der Waals surface area contributed by atoms with E-state index in [0.717, 1.165) is 17.7 Å². The summed E-state index contributed by atoms with van der Waals surface area (Å²) in [6.45, 7) is 2.29. The molecule has 0 saturated carbocycles. The van der Waals surface area contributed by atoms with E-state index in [1.54, 1.807) is 24.3 Å². The summed E-state index contributed by atoms with van der Waals surface area (Å²) < 4.78 is 38.1. The molecule has 1 N–H and O–H groups in total. The Morgan fingerprint density at radius 3 is 2.48 bits per heavy atom. The average Bonchev–Trinajstić information content (AvgIpc) is 2.52. The normalized spacial score (nSPS) is 12.1. The van der Waals surface area contributed by atoms with Gasteiger partial charge in [0.1, 0.15) is 0 Å². The molecule has 1 atom stereocenters. The highest BCUT2D eigenvalue weighted by atomic mass is 35.5. The lowest BCUT2D eigenvalue weighted by atomic mass is 10.0. The van der Waals surface area contributed by atoms with Crippen LogP contribution in [0.4, 0.5) is 13.2 Å². The molecule has 0 amide bonds. The Hall–Kier alpha value is -2.03. The van der Waals surface area contributed by atoms with E-state index < -0.39 is 11.7 Å². The summed E-state index contributed by atoms with van der Waals surface area (Å²) in [6.07, 6.45) is -4.34. The van der Waals surface area contributed by atoms with E-state index in [1.807, 2.05) is 13.0 Å². The van der Waals surface area contributed by atoms with Crippen molar-refractivity contribution in [1.29, 1.82) is 5.26 Å². The Kier molecular flexibility index (Phi) is 6.62. The van der Waals surface area contributed by atoms with E-state index in [0.29, 0.717) is 17.7 Å². The number of halogens is 4. The van der Waals surface area contributed by atoms with Crippen LogP contribution < -0.4 is 5.32 Å². The van der Waals surface area contributed by atoms with Gasteiger partial charge in [-0.3, -0.25) is 0 Å². The summed E-state index contributed by atoms with van der Waals surface area (Å²) in [7, 11) is 0. The van der Waals surface area contributed by atoms with Gasteiger partial charge in [-0.15, -0.1) is 12.4 Å². The number of nitriles is 1. The van der Waals surface area contributed by atoms with Crippen molar-refractivity contribution in [3.63, 3.8) is 0 Å². The number of rotatable bonds is 4. The molecule has 0 fully saturated rings. The van der Waals surface area contributed by atoms with Crippen molar-refractivity contribution in [3.05, 3.63) is 70.8 Å². The molecule has 0 heterocycles. The zero-order valence-electron chi connectivity index (χ0n) is 12.4. The number of benzene rings is 2. The predicted molar refractivity (Wildman–Crippen MR) is 85.1 cm³/mol. The van der Waals surface area contributed by atoms with E-state index >= 15 is 0 Å². The van der Waals surface area contributed by atoms with Crippen LogP contribution >= 0.6 is 12.4 Å². The SMILES string of the molecule is CC(NCc1cccc(C#N)c1)c1cccc(C(F)(F)F)c1.Cl. The van der Waals surface area contributed by atoms with Crippen molar-refractivity contribution in [2.75, 3.05) is 0 Å². The van der Waals surface area contributed by atoms with Crippen LogP contribution in [0, 0.1) is 11.3 Å². The molecule has 2 nitrogen and oxygen atoms in total. The van der Waals surface area contributed by atoms with Crippen LogP contribution in [0.2, 0.25) is 0 Å². The molecule has 0 aliphatic heterocycles. The number of nitrogens with zero attached hydrogens (tertiary/aromatic N) is 1. The van der Waals surface area contributed by atoms with Gasteiger partial charge in [-0.2, -0.15) is 18.4 Å². The Bertz CT molecular complexity index is 693. The largest absolute Gasteiger partial charge is 0.416 e. The molecule has 23 heavy (non-hydrogen) atoms. The van der Waals surface area contributed by atoms with E-state index in [-0.39, 0.29) is 18.4 Å². The number of alkyl halides is 3.